The highest BCUT2D eigenvalue weighted by atomic mass is 16.3. The van der Waals surface area contributed by atoms with E-state index in [1.807, 2.05) is 0 Å². The monoisotopic (exact) mass is 277 g/mol. The van der Waals surface area contributed by atoms with Crippen molar-refractivity contribution in [1.29, 1.82) is 0 Å². The van der Waals surface area contributed by atoms with E-state index in [1.54, 1.807) is 12.1 Å². The average molecular weight is 277 g/mol. The van der Waals surface area contributed by atoms with Crippen LogP contribution in [0.15, 0.2) is 23.0 Å². The van der Waals surface area contributed by atoms with Gasteiger partial charge in [-0.3, -0.25) is 13.9 Å². The molecule has 1 aromatic carbocycles. The van der Waals surface area contributed by atoms with Gasteiger partial charge in [0.05, 0.1) is 5.52 Å². The van der Waals surface area contributed by atoms with E-state index < -0.39 is 17.6 Å². The third kappa shape index (κ3) is 2.07. The number of amides is 1. The van der Waals surface area contributed by atoms with E-state index in [4.69, 9.17) is 5.73 Å². The third-order valence-corrected chi connectivity index (χ3v) is 3.28. The number of hydrogen-bond acceptors (Lipinski definition) is 4. The molecule has 1 heterocycles. The Hall–Kier alpha value is -2.57. The van der Waals surface area contributed by atoms with Crippen molar-refractivity contribution in [2.45, 2.75) is 18.9 Å². The number of para-hydroxylation sites is 1. The lowest BCUT2D eigenvalue weighted by Crippen LogP contribution is -2.34. The summed E-state index contributed by atoms with van der Waals surface area (Å²) in [6, 6.07) is 3.73. The number of fused-ring (bicyclic) bond motifs is 1. The Balaban J connectivity index is 2.72. The molecule has 20 heavy (non-hydrogen) atoms. The van der Waals surface area contributed by atoms with Crippen LogP contribution in [0.2, 0.25) is 0 Å². The zero-order chi connectivity index (χ0) is 14.9. The Bertz CT molecular complexity index is 729. The van der Waals surface area contributed by atoms with E-state index in [0.717, 1.165) is 0 Å². The molecule has 0 aliphatic rings. The molecule has 0 saturated heterocycles. The zero-order valence-electron chi connectivity index (χ0n) is 10.9. The lowest BCUT2D eigenvalue weighted by atomic mass is 10.1. The maximum Gasteiger partial charge on any atom is 0.329 e. The quantitative estimate of drug-likeness (QED) is 0.753. The molecule has 7 nitrogen and oxygen atoms in total. The van der Waals surface area contributed by atoms with Crippen LogP contribution in [-0.4, -0.2) is 26.4 Å². The van der Waals surface area contributed by atoms with Gasteiger partial charge in [-0.05, 0) is 18.6 Å². The lowest BCUT2D eigenvalue weighted by molar-refractivity contribution is -0.121. The number of carbonyl (C=O) groups excluding carboxylic acids is 2. The van der Waals surface area contributed by atoms with Crippen LogP contribution < -0.4 is 11.4 Å². The second kappa shape index (κ2) is 5.20. The molecule has 1 atom stereocenters. The van der Waals surface area contributed by atoms with Crippen LogP contribution in [0, 0.1) is 0 Å². The number of nitrogens with zero attached hydrogens (tertiary/aromatic N) is 2. The Morgan fingerprint density at radius 1 is 1.50 bits per heavy atom. The normalized spacial score (nSPS) is 12.4. The number of phenolic OH excluding ortho intramolecular Hbond substituents is 1. The number of aryl methyl sites for hydroxylation is 1. The maximum atomic E-state index is 12.3. The largest absolute Gasteiger partial charge is 0.506 e. The van der Waals surface area contributed by atoms with Crippen molar-refractivity contribution < 1.29 is 14.7 Å². The molecule has 1 amide bonds. The van der Waals surface area contributed by atoms with Crippen LogP contribution >= 0.6 is 0 Å². The summed E-state index contributed by atoms with van der Waals surface area (Å²) in [6.45, 7) is 0. The Morgan fingerprint density at radius 2 is 2.20 bits per heavy atom. The lowest BCUT2D eigenvalue weighted by Gasteiger charge is -2.13. The van der Waals surface area contributed by atoms with Crippen molar-refractivity contribution in [2.75, 3.05) is 0 Å². The van der Waals surface area contributed by atoms with Crippen LogP contribution in [0.1, 0.15) is 18.9 Å². The molecule has 0 aliphatic carbocycles. The third-order valence-electron chi connectivity index (χ3n) is 3.28. The molecular weight excluding hydrogens is 262 g/mol. The number of aldehydes is 1. The summed E-state index contributed by atoms with van der Waals surface area (Å²) in [6.07, 6.45) is 0.937. The van der Waals surface area contributed by atoms with Crippen LogP contribution in [0.25, 0.3) is 11.0 Å². The fraction of sp³-hybridized carbons (Fsp3) is 0.308. The first kappa shape index (κ1) is 13.9. The summed E-state index contributed by atoms with van der Waals surface area (Å²) in [5.74, 6) is -0.746. The number of benzene rings is 1. The fourth-order valence-corrected chi connectivity index (χ4v) is 2.34. The first-order valence-corrected chi connectivity index (χ1v) is 6.11. The van der Waals surface area contributed by atoms with Crippen LogP contribution in [-0.2, 0) is 16.6 Å². The molecule has 0 aliphatic heterocycles. The van der Waals surface area contributed by atoms with E-state index in [9.17, 15) is 19.5 Å². The van der Waals surface area contributed by atoms with Crippen LogP contribution in [0.5, 0.6) is 5.75 Å². The maximum absolute atomic E-state index is 12.3. The van der Waals surface area contributed by atoms with E-state index in [0.29, 0.717) is 17.3 Å². The van der Waals surface area contributed by atoms with Gasteiger partial charge in [0.15, 0.2) is 0 Å². The van der Waals surface area contributed by atoms with Gasteiger partial charge in [-0.2, -0.15) is 0 Å². The molecule has 106 valence electrons. The predicted molar refractivity (Wildman–Crippen MR) is 72.4 cm³/mol. The number of imidazole rings is 1. The Labute approximate surface area is 114 Å². The van der Waals surface area contributed by atoms with E-state index in [1.165, 1.54) is 22.2 Å². The molecule has 1 aromatic heterocycles. The minimum atomic E-state index is -0.918. The minimum absolute atomic E-state index is 0.0561. The Kier molecular flexibility index (Phi) is 3.60. The summed E-state index contributed by atoms with van der Waals surface area (Å²) in [5.41, 5.74) is 5.61. The summed E-state index contributed by atoms with van der Waals surface area (Å²) >= 11 is 0. The van der Waals surface area contributed by atoms with Gasteiger partial charge in [-0.1, -0.05) is 6.07 Å². The van der Waals surface area contributed by atoms with Gasteiger partial charge >= 0.3 is 5.69 Å². The van der Waals surface area contributed by atoms with Crippen LogP contribution in [0.3, 0.4) is 0 Å². The van der Waals surface area contributed by atoms with Crippen molar-refractivity contribution in [3.05, 3.63) is 28.7 Å². The smallest absolute Gasteiger partial charge is 0.329 e. The van der Waals surface area contributed by atoms with Crippen molar-refractivity contribution in [1.82, 2.24) is 9.13 Å². The number of aromatic hydroxyl groups is 1. The van der Waals surface area contributed by atoms with Gasteiger partial charge in [-0.15, -0.1) is 0 Å². The second-order valence-corrected chi connectivity index (χ2v) is 4.52. The number of hydrogen-bond donors (Lipinski definition) is 2. The molecule has 7 heteroatoms. The first-order valence-electron chi connectivity index (χ1n) is 6.11. The highest BCUT2D eigenvalue weighted by Gasteiger charge is 2.24. The summed E-state index contributed by atoms with van der Waals surface area (Å²) in [4.78, 5) is 34.3. The molecule has 2 rings (SSSR count). The zero-order valence-corrected chi connectivity index (χ0v) is 10.9. The average Bonchev–Trinajstić information content (AvgIpc) is 2.65. The molecule has 0 bridgehead atoms. The first-order chi connectivity index (χ1) is 9.49. The molecule has 2 aromatic rings. The van der Waals surface area contributed by atoms with Gasteiger partial charge in [0.1, 0.15) is 23.6 Å². The van der Waals surface area contributed by atoms with Gasteiger partial charge in [0.25, 0.3) is 0 Å². The van der Waals surface area contributed by atoms with Crippen molar-refractivity contribution in [2.24, 2.45) is 12.8 Å². The molecular formula is C13H15N3O4. The number of nitrogens with two attached hydrogens (primary N) is 1. The van der Waals surface area contributed by atoms with Gasteiger partial charge in [-0.25, -0.2) is 4.79 Å². The molecule has 1 unspecified atom stereocenters. The van der Waals surface area contributed by atoms with E-state index >= 15 is 0 Å². The molecule has 3 N–H and O–H groups in total. The highest BCUT2D eigenvalue weighted by Crippen LogP contribution is 2.26. The van der Waals surface area contributed by atoms with Crippen molar-refractivity contribution in [3.8, 4) is 5.75 Å². The SMILES string of the molecule is Cn1c(=O)n(C(CCC=O)C(N)=O)c2cccc(O)c21. The summed E-state index contributed by atoms with van der Waals surface area (Å²) in [7, 11) is 1.50. The fourth-order valence-electron chi connectivity index (χ4n) is 2.34. The van der Waals surface area contributed by atoms with E-state index in [-0.39, 0.29) is 18.6 Å². The number of carbonyl (C=O) groups is 2. The number of aromatic nitrogens is 2. The van der Waals surface area contributed by atoms with Gasteiger partial charge in [0, 0.05) is 13.5 Å². The minimum Gasteiger partial charge on any atom is -0.506 e. The molecule has 0 radical (unpaired) electrons. The molecule has 0 saturated carbocycles. The summed E-state index contributed by atoms with van der Waals surface area (Å²) < 4.78 is 2.47. The van der Waals surface area contributed by atoms with Gasteiger partial charge < -0.3 is 15.6 Å². The molecule has 0 fully saturated rings. The van der Waals surface area contributed by atoms with Gasteiger partial charge in [0.2, 0.25) is 5.91 Å². The summed E-state index contributed by atoms with van der Waals surface area (Å²) in [5, 5.41) is 9.84. The predicted octanol–water partition coefficient (Wildman–Crippen LogP) is 0.0511. The molecule has 0 spiro atoms. The van der Waals surface area contributed by atoms with Crippen molar-refractivity contribution >= 4 is 23.2 Å². The Morgan fingerprint density at radius 3 is 2.80 bits per heavy atom. The number of primary amides is 1. The second-order valence-electron chi connectivity index (χ2n) is 4.52. The van der Waals surface area contributed by atoms with E-state index in [2.05, 4.69) is 0 Å². The number of rotatable bonds is 5. The highest BCUT2D eigenvalue weighted by molar-refractivity contribution is 5.86. The van der Waals surface area contributed by atoms with Crippen molar-refractivity contribution in [3.63, 3.8) is 0 Å². The van der Waals surface area contributed by atoms with Crippen LogP contribution in [0.4, 0.5) is 0 Å². The standard InChI is InChI=1S/C13H15N3O4/c1-15-11-8(4-2-6-10(11)18)16(13(15)20)9(12(14)19)5-3-7-17/h2,4,6-7,9,18H,3,5H2,1H3,(H2,14,19). The topological polar surface area (TPSA) is 107 Å². The number of phenols is 1.